The number of halogens is 1. The van der Waals surface area contributed by atoms with Crippen LogP contribution in [0, 0.1) is 0 Å². The monoisotopic (exact) mass is 457 g/mol. The van der Waals surface area contributed by atoms with Gasteiger partial charge in [0.1, 0.15) is 0 Å². The van der Waals surface area contributed by atoms with Crippen molar-refractivity contribution in [1.29, 1.82) is 0 Å². The normalized spacial score (nSPS) is 17.6. The summed E-state index contributed by atoms with van der Waals surface area (Å²) < 4.78 is 6.50. The molecule has 9 heteroatoms. The second kappa shape index (κ2) is 9.80. The SMILES string of the molecule is Brc1ccc(/C=C/C=N/Nc2nc(N3CCCC3)nc(N3CCOCC3)n2)cc1. The van der Waals surface area contributed by atoms with E-state index in [2.05, 4.69) is 46.2 Å². The number of morpholine rings is 1. The summed E-state index contributed by atoms with van der Waals surface area (Å²) in [6, 6.07) is 8.08. The van der Waals surface area contributed by atoms with Gasteiger partial charge >= 0.3 is 0 Å². The van der Waals surface area contributed by atoms with Crippen LogP contribution in [0.1, 0.15) is 18.4 Å². The fourth-order valence-electron chi connectivity index (χ4n) is 3.23. The molecule has 8 nitrogen and oxygen atoms in total. The zero-order valence-corrected chi connectivity index (χ0v) is 17.8. The van der Waals surface area contributed by atoms with E-state index in [1.54, 1.807) is 6.21 Å². The van der Waals surface area contributed by atoms with Crippen molar-refractivity contribution < 1.29 is 4.74 Å². The van der Waals surface area contributed by atoms with Gasteiger partial charge in [0, 0.05) is 36.9 Å². The molecule has 2 aromatic rings. The molecule has 29 heavy (non-hydrogen) atoms. The Morgan fingerprint density at radius 2 is 1.59 bits per heavy atom. The molecular formula is C20H24BrN7O. The first-order valence-electron chi connectivity index (χ1n) is 9.83. The van der Waals surface area contributed by atoms with Gasteiger partial charge in [-0.25, -0.2) is 5.43 Å². The Morgan fingerprint density at radius 3 is 2.28 bits per heavy atom. The number of nitrogens with one attached hydrogen (secondary N) is 1. The van der Waals surface area contributed by atoms with Crippen molar-refractivity contribution in [2.75, 3.05) is 54.6 Å². The third kappa shape index (κ3) is 5.51. The van der Waals surface area contributed by atoms with E-state index in [4.69, 9.17) is 9.72 Å². The number of benzene rings is 1. The Hall–Kier alpha value is -2.52. The lowest BCUT2D eigenvalue weighted by Gasteiger charge is -2.27. The summed E-state index contributed by atoms with van der Waals surface area (Å²) in [4.78, 5) is 18.2. The third-order valence-electron chi connectivity index (χ3n) is 4.78. The van der Waals surface area contributed by atoms with E-state index in [0.717, 1.165) is 36.2 Å². The van der Waals surface area contributed by atoms with Crippen molar-refractivity contribution in [2.45, 2.75) is 12.8 Å². The lowest BCUT2D eigenvalue weighted by atomic mass is 10.2. The number of hydrogen-bond donors (Lipinski definition) is 1. The van der Waals surface area contributed by atoms with E-state index < -0.39 is 0 Å². The quantitative estimate of drug-likeness (QED) is 0.526. The number of aromatic nitrogens is 3. The van der Waals surface area contributed by atoms with Gasteiger partial charge in [0.25, 0.3) is 0 Å². The van der Waals surface area contributed by atoms with Crippen LogP contribution in [0.25, 0.3) is 6.08 Å². The predicted molar refractivity (Wildman–Crippen MR) is 120 cm³/mol. The van der Waals surface area contributed by atoms with E-state index in [1.807, 2.05) is 36.4 Å². The molecule has 4 rings (SSSR count). The molecule has 0 unspecified atom stereocenters. The number of hydrogen-bond acceptors (Lipinski definition) is 8. The molecule has 0 spiro atoms. The molecule has 1 aromatic heterocycles. The second-order valence-corrected chi connectivity index (χ2v) is 7.77. The summed E-state index contributed by atoms with van der Waals surface area (Å²) in [6.07, 6.45) is 7.89. The molecular weight excluding hydrogens is 434 g/mol. The van der Waals surface area contributed by atoms with Crippen molar-refractivity contribution in [2.24, 2.45) is 5.10 Å². The number of allylic oxidation sites excluding steroid dienone is 1. The lowest BCUT2D eigenvalue weighted by molar-refractivity contribution is 0.122. The van der Waals surface area contributed by atoms with Crippen LogP contribution in [-0.2, 0) is 4.74 Å². The molecule has 0 amide bonds. The van der Waals surface area contributed by atoms with E-state index in [-0.39, 0.29) is 0 Å². The van der Waals surface area contributed by atoms with Crippen molar-refractivity contribution in [3.63, 3.8) is 0 Å². The van der Waals surface area contributed by atoms with Gasteiger partial charge in [0.2, 0.25) is 17.8 Å². The lowest BCUT2D eigenvalue weighted by Crippen LogP contribution is -2.38. The molecule has 0 aliphatic carbocycles. The minimum absolute atomic E-state index is 0.455. The molecule has 2 fully saturated rings. The Kier molecular flexibility index (Phi) is 6.68. The van der Waals surface area contributed by atoms with Gasteiger partial charge in [-0.05, 0) is 36.6 Å². The van der Waals surface area contributed by atoms with E-state index in [9.17, 15) is 0 Å². The Labute approximate surface area is 178 Å². The maximum atomic E-state index is 5.44. The van der Waals surface area contributed by atoms with Gasteiger partial charge in [0.15, 0.2) is 0 Å². The molecule has 3 heterocycles. The number of hydrazone groups is 1. The minimum atomic E-state index is 0.455. The van der Waals surface area contributed by atoms with Crippen molar-refractivity contribution in [3.05, 3.63) is 40.4 Å². The summed E-state index contributed by atoms with van der Waals surface area (Å²) in [5.74, 6) is 1.84. The van der Waals surface area contributed by atoms with E-state index in [1.165, 1.54) is 12.8 Å². The second-order valence-electron chi connectivity index (χ2n) is 6.85. The van der Waals surface area contributed by atoms with Gasteiger partial charge in [-0.1, -0.05) is 34.1 Å². The fourth-order valence-corrected chi connectivity index (χ4v) is 3.50. The largest absolute Gasteiger partial charge is 0.378 e. The summed E-state index contributed by atoms with van der Waals surface area (Å²) in [5, 5.41) is 4.24. The predicted octanol–water partition coefficient (Wildman–Crippen LogP) is 3.18. The third-order valence-corrected chi connectivity index (χ3v) is 5.31. The molecule has 2 aliphatic heterocycles. The van der Waals surface area contributed by atoms with Crippen molar-refractivity contribution >= 4 is 46.1 Å². The molecule has 2 aliphatic rings. The standard InChI is InChI=1S/C20H24BrN7O/c21-17-7-5-16(6-8-17)4-3-9-22-26-18-23-19(27-10-1-2-11-27)25-20(24-18)28-12-14-29-15-13-28/h3-9H,1-2,10-15H2,(H,23,24,25,26)/b4-3+,22-9+. The molecule has 0 atom stereocenters. The summed E-state index contributed by atoms with van der Waals surface area (Å²) in [5.41, 5.74) is 4.05. The van der Waals surface area contributed by atoms with Crippen LogP contribution < -0.4 is 15.2 Å². The molecule has 2 saturated heterocycles. The Morgan fingerprint density at radius 1 is 0.931 bits per heavy atom. The average Bonchev–Trinajstić information content (AvgIpc) is 3.30. The molecule has 0 radical (unpaired) electrons. The summed E-state index contributed by atoms with van der Waals surface area (Å²) in [7, 11) is 0. The van der Waals surface area contributed by atoms with Crippen LogP contribution in [0.5, 0.6) is 0 Å². The summed E-state index contributed by atoms with van der Waals surface area (Å²) >= 11 is 3.44. The number of ether oxygens (including phenoxy) is 1. The van der Waals surface area contributed by atoms with Crippen molar-refractivity contribution in [3.8, 4) is 0 Å². The van der Waals surface area contributed by atoms with Crippen LogP contribution in [-0.4, -0.2) is 60.6 Å². The first kappa shape index (κ1) is 19.8. The smallest absolute Gasteiger partial charge is 0.250 e. The van der Waals surface area contributed by atoms with Gasteiger partial charge in [-0.2, -0.15) is 20.1 Å². The first-order valence-corrected chi connectivity index (χ1v) is 10.6. The maximum Gasteiger partial charge on any atom is 0.250 e. The zero-order valence-electron chi connectivity index (χ0n) is 16.2. The van der Waals surface area contributed by atoms with Crippen LogP contribution in [0.2, 0.25) is 0 Å². The van der Waals surface area contributed by atoms with Crippen LogP contribution in [0.15, 0.2) is 39.9 Å². The highest BCUT2D eigenvalue weighted by molar-refractivity contribution is 9.10. The topological polar surface area (TPSA) is 78.8 Å². The van der Waals surface area contributed by atoms with Crippen molar-refractivity contribution in [1.82, 2.24) is 15.0 Å². The van der Waals surface area contributed by atoms with Crippen LogP contribution in [0.4, 0.5) is 17.8 Å². The number of rotatable bonds is 6. The Balaban J connectivity index is 1.46. The Bertz CT molecular complexity index is 860. The molecule has 0 bridgehead atoms. The molecule has 1 aromatic carbocycles. The minimum Gasteiger partial charge on any atom is -0.378 e. The van der Waals surface area contributed by atoms with E-state index >= 15 is 0 Å². The highest BCUT2D eigenvalue weighted by Gasteiger charge is 2.20. The van der Waals surface area contributed by atoms with Gasteiger partial charge in [-0.15, -0.1) is 0 Å². The van der Waals surface area contributed by atoms with Gasteiger partial charge in [-0.3, -0.25) is 0 Å². The maximum absolute atomic E-state index is 5.44. The fraction of sp³-hybridized carbons (Fsp3) is 0.400. The molecule has 152 valence electrons. The first-order chi connectivity index (χ1) is 14.3. The van der Waals surface area contributed by atoms with Gasteiger partial charge < -0.3 is 14.5 Å². The molecule has 1 N–H and O–H groups in total. The summed E-state index contributed by atoms with van der Waals surface area (Å²) in [6.45, 7) is 4.89. The highest BCUT2D eigenvalue weighted by Crippen LogP contribution is 2.21. The van der Waals surface area contributed by atoms with E-state index in [0.29, 0.717) is 31.1 Å². The number of nitrogens with zero attached hydrogens (tertiary/aromatic N) is 6. The van der Waals surface area contributed by atoms with Gasteiger partial charge in [0.05, 0.1) is 13.2 Å². The average molecular weight is 458 g/mol. The van der Waals surface area contributed by atoms with Crippen LogP contribution in [0.3, 0.4) is 0 Å². The zero-order chi connectivity index (χ0) is 19.9. The highest BCUT2D eigenvalue weighted by atomic mass is 79.9. The number of anilines is 3. The molecule has 0 saturated carbocycles. The van der Waals surface area contributed by atoms with Crippen LogP contribution >= 0.6 is 15.9 Å².